The summed E-state index contributed by atoms with van der Waals surface area (Å²) in [6, 6.07) is -5.71. The average Bonchev–Trinajstić information content (AvgIpc) is 2.71. The highest BCUT2D eigenvalue weighted by molar-refractivity contribution is 7.98. The zero-order valence-corrected chi connectivity index (χ0v) is 18.2. The van der Waals surface area contributed by atoms with Crippen LogP contribution in [-0.4, -0.2) is 93.7 Å². The molecule has 0 aliphatic rings. The Morgan fingerprint density at radius 1 is 0.875 bits per heavy atom. The molecule has 10 N–H and O–H groups in total. The van der Waals surface area contributed by atoms with E-state index in [2.05, 4.69) is 16.0 Å². The fourth-order valence-electron chi connectivity index (χ4n) is 2.35. The number of aliphatic hydroxyl groups is 1. The van der Waals surface area contributed by atoms with Crippen molar-refractivity contribution in [3.63, 3.8) is 0 Å². The van der Waals surface area contributed by atoms with Crippen LogP contribution in [0, 0.1) is 0 Å². The number of amides is 4. The first-order valence-corrected chi connectivity index (χ1v) is 10.8. The van der Waals surface area contributed by atoms with Crippen molar-refractivity contribution < 1.29 is 44.1 Å². The van der Waals surface area contributed by atoms with Gasteiger partial charge in [-0.25, -0.2) is 4.79 Å². The molecule has 0 heterocycles. The Bertz CT molecular complexity index is 706. The molecule has 0 aliphatic carbocycles. The van der Waals surface area contributed by atoms with E-state index in [9.17, 15) is 33.9 Å². The number of carbonyl (C=O) groups is 6. The fourth-order valence-corrected chi connectivity index (χ4v) is 2.82. The molecule has 0 saturated heterocycles. The normalized spacial score (nSPS) is 14.3. The molecule has 0 bridgehead atoms. The summed E-state index contributed by atoms with van der Waals surface area (Å²) < 4.78 is 0. The van der Waals surface area contributed by atoms with E-state index >= 15 is 0 Å². The van der Waals surface area contributed by atoms with Gasteiger partial charge >= 0.3 is 11.9 Å². The second-order valence-corrected chi connectivity index (χ2v) is 7.68. The number of hydrogen-bond acceptors (Lipinski definition) is 9. The summed E-state index contributed by atoms with van der Waals surface area (Å²) in [5.74, 6) is -6.12. The molecule has 4 atom stereocenters. The monoisotopic (exact) mass is 479 g/mol. The van der Waals surface area contributed by atoms with E-state index in [0.717, 1.165) is 0 Å². The summed E-state index contributed by atoms with van der Waals surface area (Å²) in [5.41, 5.74) is 10.5. The van der Waals surface area contributed by atoms with Crippen molar-refractivity contribution in [2.75, 3.05) is 18.6 Å². The number of nitrogens with two attached hydrogens (primary N) is 2. The minimum Gasteiger partial charge on any atom is -0.481 e. The van der Waals surface area contributed by atoms with Crippen LogP contribution in [0.5, 0.6) is 0 Å². The van der Waals surface area contributed by atoms with Gasteiger partial charge in [0.1, 0.15) is 24.2 Å². The van der Waals surface area contributed by atoms with E-state index in [-0.39, 0.29) is 12.8 Å². The Morgan fingerprint density at radius 3 is 1.88 bits per heavy atom. The van der Waals surface area contributed by atoms with Crippen molar-refractivity contribution in [2.45, 2.75) is 49.9 Å². The van der Waals surface area contributed by atoms with Crippen LogP contribution in [0.15, 0.2) is 0 Å². The predicted octanol–water partition coefficient (Wildman–Crippen LogP) is -3.66. The number of primary amides is 1. The van der Waals surface area contributed by atoms with Crippen LogP contribution >= 0.6 is 11.8 Å². The van der Waals surface area contributed by atoms with Crippen molar-refractivity contribution in [1.82, 2.24) is 16.0 Å². The molecule has 0 aromatic carbocycles. The maximum atomic E-state index is 12.6. The summed E-state index contributed by atoms with van der Waals surface area (Å²) in [4.78, 5) is 70.6. The molecule has 0 saturated carbocycles. The smallest absolute Gasteiger partial charge is 0.326 e. The number of nitrogens with one attached hydrogen (secondary N) is 3. The second-order valence-electron chi connectivity index (χ2n) is 6.70. The highest BCUT2D eigenvalue weighted by Gasteiger charge is 2.31. The Morgan fingerprint density at radius 2 is 1.41 bits per heavy atom. The number of carboxylic acid groups (broad SMARTS) is 2. The highest BCUT2D eigenvalue weighted by Crippen LogP contribution is 2.05. The molecule has 15 heteroatoms. The van der Waals surface area contributed by atoms with Gasteiger partial charge in [-0.2, -0.15) is 11.8 Å². The van der Waals surface area contributed by atoms with Gasteiger partial charge in [0.25, 0.3) is 0 Å². The molecule has 182 valence electrons. The van der Waals surface area contributed by atoms with E-state index in [0.29, 0.717) is 5.75 Å². The molecular weight excluding hydrogens is 450 g/mol. The lowest BCUT2D eigenvalue weighted by Gasteiger charge is -2.24. The van der Waals surface area contributed by atoms with Gasteiger partial charge in [-0.05, 0) is 24.9 Å². The van der Waals surface area contributed by atoms with Crippen molar-refractivity contribution >= 4 is 47.3 Å². The van der Waals surface area contributed by atoms with E-state index in [4.69, 9.17) is 21.7 Å². The number of hydrogen-bond donors (Lipinski definition) is 8. The third kappa shape index (κ3) is 11.5. The van der Waals surface area contributed by atoms with E-state index in [1.807, 2.05) is 0 Å². The zero-order chi connectivity index (χ0) is 24.8. The Labute approximate surface area is 187 Å². The molecule has 32 heavy (non-hydrogen) atoms. The van der Waals surface area contributed by atoms with Crippen LogP contribution in [0.1, 0.15) is 25.7 Å². The average molecular weight is 480 g/mol. The van der Waals surface area contributed by atoms with Gasteiger partial charge in [-0.3, -0.25) is 24.0 Å². The van der Waals surface area contributed by atoms with Gasteiger partial charge in [0.05, 0.1) is 13.0 Å². The summed E-state index contributed by atoms with van der Waals surface area (Å²) in [6.07, 6.45) is 0.222. The van der Waals surface area contributed by atoms with Crippen molar-refractivity contribution in [2.24, 2.45) is 11.5 Å². The maximum Gasteiger partial charge on any atom is 0.326 e. The number of aliphatic hydroxyl groups excluding tert-OH is 1. The number of carbonyl (C=O) groups excluding carboxylic acids is 4. The van der Waals surface area contributed by atoms with Gasteiger partial charge in [-0.15, -0.1) is 0 Å². The summed E-state index contributed by atoms with van der Waals surface area (Å²) >= 11 is 1.35. The SMILES string of the molecule is CSCCC(NC(=O)C(CC(N)=O)NC(=O)C(CCC(=O)O)NC(=O)C(N)CO)C(=O)O. The minimum atomic E-state index is -1.58. The van der Waals surface area contributed by atoms with Gasteiger partial charge in [0.2, 0.25) is 23.6 Å². The van der Waals surface area contributed by atoms with Gasteiger partial charge in [0, 0.05) is 6.42 Å². The third-order valence-electron chi connectivity index (χ3n) is 4.08. The van der Waals surface area contributed by atoms with Crippen LogP contribution in [0.2, 0.25) is 0 Å². The molecule has 0 rings (SSSR count). The molecule has 4 unspecified atom stereocenters. The van der Waals surface area contributed by atoms with Crippen molar-refractivity contribution in [3.05, 3.63) is 0 Å². The molecule has 0 aromatic heterocycles. The first kappa shape index (κ1) is 29.1. The van der Waals surface area contributed by atoms with Crippen LogP contribution in [0.25, 0.3) is 0 Å². The molecule has 0 aromatic rings. The van der Waals surface area contributed by atoms with Crippen LogP contribution in [0.3, 0.4) is 0 Å². The van der Waals surface area contributed by atoms with Crippen molar-refractivity contribution in [3.8, 4) is 0 Å². The number of rotatable bonds is 16. The second kappa shape index (κ2) is 15.0. The molecule has 0 radical (unpaired) electrons. The topological polar surface area (TPSA) is 251 Å². The molecule has 0 spiro atoms. The van der Waals surface area contributed by atoms with Crippen molar-refractivity contribution in [1.29, 1.82) is 0 Å². The van der Waals surface area contributed by atoms with Crippen LogP contribution < -0.4 is 27.4 Å². The summed E-state index contributed by atoms with van der Waals surface area (Å²) in [7, 11) is 0. The molecule has 0 fully saturated rings. The predicted molar refractivity (Wildman–Crippen MR) is 112 cm³/mol. The van der Waals surface area contributed by atoms with Gasteiger partial charge < -0.3 is 42.7 Å². The number of carboxylic acids is 2. The Kier molecular flexibility index (Phi) is 13.6. The third-order valence-corrected chi connectivity index (χ3v) is 4.72. The lowest BCUT2D eigenvalue weighted by Crippen LogP contribution is -2.58. The highest BCUT2D eigenvalue weighted by atomic mass is 32.2. The summed E-state index contributed by atoms with van der Waals surface area (Å²) in [6.45, 7) is -0.738. The maximum absolute atomic E-state index is 12.6. The largest absolute Gasteiger partial charge is 0.481 e. The van der Waals surface area contributed by atoms with E-state index in [1.165, 1.54) is 11.8 Å². The number of aliphatic carboxylic acids is 2. The molecular formula is C17H29N5O9S. The molecule has 0 aliphatic heterocycles. The quantitative estimate of drug-likeness (QED) is 0.107. The van der Waals surface area contributed by atoms with Gasteiger partial charge in [0.15, 0.2) is 0 Å². The number of thioether (sulfide) groups is 1. The molecule has 14 nitrogen and oxygen atoms in total. The Balaban J connectivity index is 5.49. The fraction of sp³-hybridized carbons (Fsp3) is 0.647. The zero-order valence-electron chi connectivity index (χ0n) is 17.4. The lowest BCUT2D eigenvalue weighted by atomic mass is 10.1. The van der Waals surface area contributed by atoms with E-state index in [1.54, 1.807) is 6.26 Å². The van der Waals surface area contributed by atoms with Crippen LogP contribution in [0.4, 0.5) is 0 Å². The summed E-state index contributed by atoms with van der Waals surface area (Å²) in [5, 5.41) is 33.6. The van der Waals surface area contributed by atoms with Gasteiger partial charge in [-0.1, -0.05) is 0 Å². The molecule has 4 amide bonds. The Hall–Kier alpha value is -2.91. The van der Waals surface area contributed by atoms with Crippen LogP contribution in [-0.2, 0) is 28.8 Å². The lowest BCUT2D eigenvalue weighted by molar-refractivity contribution is -0.142. The minimum absolute atomic E-state index is 0.0792. The first-order chi connectivity index (χ1) is 14.9. The van der Waals surface area contributed by atoms with E-state index < -0.39 is 79.2 Å². The standard InChI is InChI=1S/C17H29N5O9S/c1-32-5-4-10(17(30)31)21-16(29)11(6-12(19)24)22-15(28)9(2-3-13(25)26)20-14(27)8(18)7-23/h8-11,23H,2-7,18H2,1H3,(H2,19,24)(H,20,27)(H,21,29)(H,22,28)(H,25,26)(H,30,31). The first-order valence-electron chi connectivity index (χ1n) is 9.42.